The zero-order valence-electron chi connectivity index (χ0n) is 11.4. The van der Waals surface area contributed by atoms with Crippen molar-refractivity contribution in [2.75, 3.05) is 14.2 Å². The van der Waals surface area contributed by atoms with Crippen LogP contribution in [-0.4, -0.2) is 37.3 Å². The van der Waals surface area contributed by atoms with Gasteiger partial charge in [-0.2, -0.15) is 0 Å². The monoisotopic (exact) mass is 342 g/mol. The summed E-state index contributed by atoms with van der Waals surface area (Å²) in [6.07, 6.45) is -0.290. The molecule has 114 valence electrons. The molecule has 1 N–H and O–H groups in total. The molecule has 8 heteroatoms. The van der Waals surface area contributed by atoms with Crippen LogP contribution in [0.1, 0.15) is 12.5 Å². The van der Waals surface area contributed by atoms with E-state index in [4.69, 9.17) is 32.7 Å². The van der Waals surface area contributed by atoms with Crippen molar-refractivity contribution in [1.82, 2.24) is 10.3 Å². The van der Waals surface area contributed by atoms with Gasteiger partial charge in [0.05, 0.1) is 6.10 Å². The lowest BCUT2D eigenvalue weighted by Gasteiger charge is -2.20. The Labute approximate surface area is 134 Å². The van der Waals surface area contributed by atoms with Crippen LogP contribution in [0.2, 0.25) is 10.3 Å². The number of aromatic nitrogens is 1. The number of halogens is 3. The first kappa shape index (κ1) is 19.4. The number of carbonyl (C=O) groups excluding carboxylic acids is 1. The molecule has 1 heterocycles. The van der Waals surface area contributed by atoms with E-state index in [-0.39, 0.29) is 35.4 Å². The molecule has 1 aromatic heterocycles. The Hall–Kier alpha value is -0.590. The second-order valence-corrected chi connectivity index (χ2v) is 4.71. The topological polar surface area (TPSA) is 60.5 Å². The van der Waals surface area contributed by atoms with Crippen molar-refractivity contribution >= 4 is 41.6 Å². The summed E-state index contributed by atoms with van der Waals surface area (Å²) in [6, 6.07) is 2.65. The van der Waals surface area contributed by atoms with Crippen molar-refractivity contribution in [3.05, 3.63) is 28.0 Å². The minimum Gasteiger partial charge on any atom is -0.460 e. The van der Waals surface area contributed by atoms with E-state index in [0.29, 0.717) is 5.56 Å². The summed E-state index contributed by atoms with van der Waals surface area (Å²) >= 11 is 11.5. The number of pyridine rings is 1. The molecule has 1 aromatic rings. The summed E-state index contributed by atoms with van der Waals surface area (Å²) < 4.78 is 10.3. The quantitative estimate of drug-likeness (QED) is 0.635. The molecule has 1 rings (SSSR count). The number of hydrogen-bond acceptors (Lipinski definition) is 5. The van der Waals surface area contributed by atoms with E-state index in [1.165, 1.54) is 7.11 Å². The molecule has 0 aliphatic carbocycles. The number of nitrogens with zero attached hydrogens (tertiary/aromatic N) is 1. The van der Waals surface area contributed by atoms with Crippen LogP contribution in [0, 0.1) is 0 Å². The van der Waals surface area contributed by atoms with Crippen molar-refractivity contribution in [2.24, 2.45) is 0 Å². The van der Waals surface area contributed by atoms with E-state index >= 15 is 0 Å². The molecule has 0 saturated heterocycles. The summed E-state index contributed by atoms with van der Waals surface area (Å²) in [7, 11) is 3.20. The number of ether oxygens (including phenoxy) is 2. The average molecular weight is 344 g/mol. The molecule has 0 bridgehead atoms. The third kappa shape index (κ3) is 5.81. The first-order chi connectivity index (χ1) is 8.97. The van der Waals surface area contributed by atoms with Crippen LogP contribution >= 0.6 is 35.6 Å². The lowest BCUT2D eigenvalue weighted by Crippen LogP contribution is -2.44. The number of hydrogen-bond donors (Lipinski definition) is 1. The van der Waals surface area contributed by atoms with Crippen LogP contribution in [0.25, 0.3) is 0 Å². The Bertz CT molecular complexity index is 426. The van der Waals surface area contributed by atoms with Gasteiger partial charge in [0.25, 0.3) is 0 Å². The zero-order valence-corrected chi connectivity index (χ0v) is 13.7. The molecule has 0 aliphatic rings. The maximum Gasteiger partial charge on any atom is 0.326 e. The smallest absolute Gasteiger partial charge is 0.326 e. The standard InChI is InChI=1S/C12H16Cl2N2O3.ClH/c1-7(18-3)11(15-2)12(17)19-6-8-4-9(13)16-10(14)5-8;/h4-5,7,11,15H,6H2,1-3H3;1H/t7-,11-;/m0./s1. The Morgan fingerprint density at radius 2 is 1.95 bits per heavy atom. The number of carbonyl (C=O) groups is 1. The molecule has 20 heavy (non-hydrogen) atoms. The third-order valence-electron chi connectivity index (χ3n) is 2.61. The molecule has 0 spiro atoms. The molecular formula is C12H17Cl3N2O3. The van der Waals surface area contributed by atoms with Gasteiger partial charge in [-0.25, -0.2) is 4.98 Å². The summed E-state index contributed by atoms with van der Waals surface area (Å²) in [5, 5.41) is 3.36. The summed E-state index contributed by atoms with van der Waals surface area (Å²) in [5.74, 6) is -0.402. The van der Waals surface area contributed by atoms with Crippen molar-refractivity contribution in [2.45, 2.75) is 25.7 Å². The van der Waals surface area contributed by atoms with E-state index in [1.54, 1.807) is 26.1 Å². The third-order valence-corrected chi connectivity index (χ3v) is 3.00. The fraction of sp³-hybridized carbons (Fsp3) is 0.500. The molecule has 0 radical (unpaired) electrons. The van der Waals surface area contributed by atoms with Crippen LogP contribution in [-0.2, 0) is 20.9 Å². The zero-order chi connectivity index (χ0) is 14.4. The van der Waals surface area contributed by atoms with Crippen molar-refractivity contribution in [3.8, 4) is 0 Å². The van der Waals surface area contributed by atoms with Gasteiger partial charge in [0.1, 0.15) is 23.0 Å². The van der Waals surface area contributed by atoms with Gasteiger partial charge >= 0.3 is 5.97 Å². The molecule has 0 aromatic carbocycles. The first-order valence-corrected chi connectivity index (χ1v) is 6.42. The Balaban J connectivity index is 0.00000361. The molecule has 5 nitrogen and oxygen atoms in total. The highest BCUT2D eigenvalue weighted by Crippen LogP contribution is 2.15. The lowest BCUT2D eigenvalue weighted by molar-refractivity contribution is -0.150. The van der Waals surface area contributed by atoms with Gasteiger partial charge in [-0.1, -0.05) is 23.2 Å². The molecule has 0 amide bonds. The van der Waals surface area contributed by atoms with E-state index in [1.807, 2.05) is 0 Å². The summed E-state index contributed by atoms with van der Waals surface area (Å²) in [5.41, 5.74) is 0.679. The second kappa shape index (κ2) is 9.37. The highest BCUT2D eigenvalue weighted by Gasteiger charge is 2.24. The fourth-order valence-electron chi connectivity index (χ4n) is 1.52. The van der Waals surface area contributed by atoms with Crippen LogP contribution in [0.3, 0.4) is 0 Å². The summed E-state index contributed by atoms with van der Waals surface area (Å²) in [4.78, 5) is 15.7. The van der Waals surface area contributed by atoms with Crippen LogP contribution in [0.4, 0.5) is 0 Å². The van der Waals surface area contributed by atoms with Gasteiger partial charge in [-0.3, -0.25) is 4.79 Å². The Kier molecular flexibility index (Phi) is 9.09. The average Bonchev–Trinajstić information content (AvgIpc) is 2.35. The molecular weight excluding hydrogens is 327 g/mol. The Morgan fingerprint density at radius 1 is 1.40 bits per heavy atom. The van der Waals surface area contributed by atoms with Gasteiger partial charge < -0.3 is 14.8 Å². The van der Waals surface area contributed by atoms with Crippen molar-refractivity contribution in [1.29, 1.82) is 0 Å². The minimum absolute atomic E-state index is 0. The Morgan fingerprint density at radius 3 is 2.40 bits per heavy atom. The number of rotatable bonds is 6. The van der Waals surface area contributed by atoms with Crippen LogP contribution in [0.15, 0.2) is 12.1 Å². The number of likely N-dealkylation sites (N-methyl/N-ethyl adjacent to an activating group) is 1. The van der Waals surface area contributed by atoms with Crippen LogP contribution in [0.5, 0.6) is 0 Å². The van der Waals surface area contributed by atoms with Crippen molar-refractivity contribution in [3.63, 3.8) is 0 Å². The van der Waals surface area contributed by atoms with Gasteiger partial charge in [-0.05, 0) is 31.7 Å². The number of nitrogens with one attached hydrogen (secondary N) is 1. The predicted molar refractivity (Wildman–Crippen MR) is 80.6 cm³/mol. The van der Waals surface area contributed by atoms with E-state index in [9.17, 15) is 4.79 Å². The largest absolute Gasteiger partial charge is 0.460 e. The van der Waals surface area contributed by atoms with Crippen LogP contribution < -0.4 is 5.32 Å². The van der Waals surface area contributed by atoms with E-state index in [0.717, 1.165) is 0 Å². The molecule has 0 unspecified atom stereocenters. The van der Waals surface area contributed by atoms with Gasteiger partial charge in [-0.15, -0.1) is 12.4 Å². The predicted octanol–water partition coefficient (Wildman–Crippen LogP) is 2.48. The normalized spacial score (nSPS) is 13.2. The maximum absolute atomic E-state index is 11.9. The van der Waals surface area contributed by atoms with Gasteiger partial charge in [0.15, 0.2) is 0 Å². The van der Waals surface area contributed by atoms with Gasteiger partial charge in [0.2, 0.25) is 0 Å². The number of esters is 1. The molecule has 0 saturated carbocycles. The fourth-order valence-corrected chi connectivity index (χ4v) is 2.03. The van der Waals surface area contributed by atoms with E-state index in [2.05, 4.69) is 10.3 Å². The minimum atomic E-state index is -0.530. The highest BCUT2D eigenvalue weighted by molar-refractivity contribution is 6.32. The van der Waals surface area contributed by atoms with Crippen molar-refractivity contribution < 1.29 is 14.3 Å². The highest BCUT2D eigenvalue weighted by atomic mass is 35.5. The SMILES string of the molecule is CN[C@H](C(=O)OCc1cc(Cl)nc(Cl)c1)[C@H](C)OC.Cl. The molecule has 0 aliphatic heterocycles. The van der Waals surface area contributed by atoms with Gasteiger partial charge in [0, 0.05) is 7.11 Å². The summed E-state index contributed by atoms with van der Waals surface area (Å²) in [6.45, 7) is 1.86. The lowest BCUT2D eigenvalue weighted by atomic mass is 10.2. The number of methoxy groups -OCH3 is 1. The van der Waals surface area contributed by atoms with E-state index < -0.39 is 12.0 Å². The first-order valence-electron chi connectivity index (χ1n) is 5.66. The second-order valence-electron chi connectivity index (χ2n) is 3.94. The molecule has 2 atom stereocenters. The maximum atomic E-state index is 11.9. The molecule has 0 fully saturated rings.